The molecule has 0 unspecified atom stereocenters. The second kappa shape index (κ2) is 11.2. The molecule has 0 bridgehead atoms. The van der Waals surface area contributed by atoms with E-state index >= 15 is 0 Å². The number of primary amides is 1. The van der Waals surface area contributed by atoms with Gasteiger partial charge in [-0.25, -0.2) is 4.98 Å². The number of likely N-dealkylation sites (N-methyl/N-ethyl adjacent to an activating group) is 1. The van der Waals surface area contributed by atoms with Gasteiger partial charge >= 0.3 is 0 Å². The van der Waals surface area contributed by atoms with Crippen LogP contribution in [-0.4, -0.2) is 47.0 Å². The summed E-state index contributed by atoms with van der Waals surface area (Å²) in [7, 11) is 0. The number of carbonyl (C=O) groups excluding carboxylic acids is 1. The van der Waals surface area contributed by atoms with E-state index in [9.17, 15) is 4.79 Å². The first-order chi connectivity index (χ1) is 15.5. The molecule has 0 fully saturated rings. The van der Waals surface area contributed by atoms with Crippen molar-refractivity contribution in [1.82, 2.24) is 14.9 Å². The minimum atomic E-state index is -0.577. The van der Waals surface area contributed by atoms with Gasteiger partial charge in [0.15, 0.2) is 0 Å². The number of ether oxygens (including phenoxy) is 2. The highest BCUT2D eigenvalue weighted by molar-refractivity contribution is 5.94. The average molecular weight is 435 g/mol. The maximum absolute atomic E-state index is 11.5. The van der Waals surface area contributed by atoms with Gasteiger partial charge in [0, 0.05) is 24.5 Å². The van der Waals surface area contributed by atoms with Crippen molar-refractivity contribution in [3.05, 3.63) is 71.7 Å². The monoisotopic (exact) mass is 434 g/mol. The first-order valence-electron chi connectivity index (χ1n) is 10.8. The third kappa shape index (κ3) is 6.04. The molecule has 3 rings (SSSR count). The summed E-state index contributed by atoms with van der Waals surface area (Å²) in [6.07, 6.45) is 3.37. The normalized spacial score (nSPS) is 10.9. The topological polar surface area (TPSA) is 90.6 Å². The number of hydrogen-bond acceptors (Lipinski definition) is 6. The number of rotatable bonds is 11. The molecule has 2 aromatic heterocycles. The molecule has 0 radical (unpaired) electrons. The van der Waals surface area contributed by atoms with E-state index in [0.29, 0.717) is 6.61 Å². The summed E-state index contributed by atoms with van der Waals surface area (Å²) in [5.74, 6) is 0.502. The Hall–Kier alpha value is -3.45. The van der Waals surface area contributed by atoms with Gasteiger partial charge in [-0.1, -0.05) is 26.0 Å². The van der Waals surface area contributed by atoms with Gasteiger partial charge in [-0.3, -0.25) is 9.78 Å². The Morgan fingerprint density at radius 2 is 1.88 bits per heavy atom. The number of pyridine rings is 2. The number of amides is 1. The third-order valence-electron chi connectivity index (χ3n) is 5.30. The molecule has 1 aromatic carbocycles. The summed E-state index contributed by atoms with van der Waals surface area (Å²) in [4.78, 5) is 22.4. The fourth-order valence-electron chi connectivity index (χ4n) is 3.39. The molecule has 3 aromatic rings. The zero-order valence-electron chi connectivity index (χ0n) is 18.9. The maximum atomic E-state index is 11.5. The van der Waals surface area contributed by atoms with E-state index in [1.54, 1.807) is 18.3 Å². The number of hydrogen-bond donors (Lipinski definition) is 1. The summed E-state index contributed by atoms with van der Waals surface area (Å²) < 4.78 is 11.6. The van der Waals surface area contributed by atoms with E-state index in [0.717, 1.165) is 47.8 Å². The number of carbonyl (C=O) groups is 1. The van der Waals surface area contributed by atoms with E-state index < -0.39 is 5.91 Å². The van der Waals surface area contributed by atoms with Gasteiger partial charge in [0.05, 0.1) is 5.69 Å². The SMILES string of the molecule is CCN(CC)CCOc1ccc(-c2ccc(COc3ncccc3C(N)=O)nc2)c(C)c1. The van der Waals surface area contributed by atoms with Gasteiger partial charge < -0.3 is 20.1 Å². The molecule has 0 saturated heterocycles. The summed E-state index contributed by atoms with van der Waals surface area (Å²) in [5.41, 5.74) is 9.57. The molecule has 0 spiro atoms. The summed E-state index contributed by atoms with van der Waals surface area (Å²) in [6.45, 7) is 10.2. The molecule has 0 aliphatic carbocycles. The van der Waals surface area contributed by atoms with E-state index in [-0.39, 0.29) is 18.1 Å². The molecule has 2 N–H and O–H groups in total. The molecule has 0 atom stereocenters. The Labute approximate surface area is 189 Å². The lowest BCUT2D eigenvalue weighted by Gasteiger charge is -2.18. The average Bonchev–Trinajstić information content (AvgIpc) is 2.81. The molecule has 168 valence electrons. The number of nitrogens with zero attached hydrogens (tertiary/aromatic N) is 3. The van der Waals surface area contributed by atoms with E-state index in [1.807, 2.05) is 24.4 Å². The minimum Gasteiger partial charge on any atom is -0.492 e. The predicted molar refractivity (Wildman–Crippen MR) is 125 cm³/mol. The van der Waals surface area contributed by atoms with Gasteiger partial charge in [-0.2, -0.15) is 0 Å². The molecule has 7 nitrogen and oxygen atoms in total. The molecule has 0 aliphatic heterocycles. The highest BCUT2D eigenvalue weighted by Gasteiger charge is 2.11. The van der Waals surface area contributed by atoms with Crippen molar-refractivity contribution in [2.75, 3.05) is 26.2 Å². The van der Waals surface area contributed by atoms with Crippen molar-refractivity contribution in [2.24, 2.45) is 5.73 Å². The standard InChI is InChI=1S/C25H30N4O3/c1-4-29(5-2)13-14-31-21-10-11-22(18(3)15-21)19-8-9-20(28-16-19)17-32-25-23(24(26)30)7-6-12-27-25/h6-12,15-16H,4-5,13-14,17H2,1-3H3,(H2,26,30). The van der Waals surface area contributed by atoms with Crippen LogP contribution in [0.15, 0.2) is 54.9 Å². The largest absolute Gasteiger partial charge is 0.492 e. The van der Waals surface area contributed by atoms with E-state index in [2.05, 4.69) is 47.8 Å². The lowest BCUT2D eigenvalue weighted by Crippen LogP contribution is -2.27. The lowest BCUT2D eigenvalue weighted by atomic mass is 10.0. The van der Waals surface area contributed by atoms with E-state index in [1.165, 1.54) is 0 Å². The van der Waals surface area contributed by atoms with Crippen LogP contribution < -0.4 is 15.2 Å². The van der Waals surface area contributed by atoms with Crippen LogP contribution in [0.5, 0.6) is 11.6 Å². The Morgan fingerprint density at radius 3 is 2.53 bits per heavy atom. The Kier molecular flexibility index (Phi) is 8.16. The van der Waals surface area contributed by atoms with Crippen LogP contribution in [0.4, 0.5) is 0 Å². The van der Waals surface area contributed by atoms with Crippen LogP contribution in [-0.2, 0) is 6.61 Å². The summed E-state index contributed by atoms with van der Waals surface area (Å²) in [5, 5.41) is 0. The van der Waals surface area contributed by atoms with Crippen LogP contribution in [0.1, 0.15) is 35.5 Å². The Morgan fingerprint density at radius 1 is 1.06 bits per heavy atom. The molecule has 0 aliphatic rings. The highest BCUT2D eigenvalue weighted by Crippen LogP contribution is 2.27. The van der Waals surface area contributed by atoms with Crippen LogP contribution in [0.25, 0.3) is 11.1 Å². The second-order valence-electron chi connectivity index (χ2n) is 7.40. The van der Waals surface area contributed by atoms with Crippen LogP contribution in [0, 0.1) is 6.92 Å². The molecule has 0 saturated carbocycles. The van der Waals surface area contributed by atoms with Crippen molar-refractivity contribution in [2.45, 2.75) is 27.4 Å². The number of benzene rings is 1. The molecule has 2 heterocycles. The Bertz CT molecular complexity index is 1030. The molecular formula is C25H30N4O3. The van der Waals surface area contributed by atoms with Gasteiger partial charge in [-0.15, -0.1) is 0 Å². The quantitative estimate of drug-likeness (QED) is 0.493. The number of aryl methyl sites for hydroxylation is 1. The molecule has 7 heteroatoms. The zero-order chi connectivity index (χ0) is 22.9. The number of nitrogens with two attached hydrogens (primary N) is 1. The van der Waals surface area contributed by atoms with Gasteiger partial charge in [0.2, 0.25) is 5.88 Å². The summed E-state index contributed by atoms with van der Waals surface area (Å²) >= 11 is 0. The van der Waals surface area contributed by atoms with Crippen LogP contribution in [0.2, 0.25) is 0 Å². The van der Waals surface area contributed by atoms with Crippen molar-refractivity contribution in [3.8, 4) is 22.8 Å². The van der Waals surface area contributed by atoms with Gasteiger partial charge in [0.25, 0.3) is 5.91 Å². The van der Waals surface area contributed by atoms with Gasteiger partial charge in [-0.05, 0) is 61.5 Å². The Balaban J connectivity index is 1.61. The van der Waals surface area contributed by atoms with Gasteiger partial charge in [0.1, 0.15) is 24.5 Å². The maximum Gasteiger partial charge on any atom is 0.254 e. The van der Waals surface area contributed by atoms with Crippen molar-refractivity contribution >= 4 is 5.91 Å². The highest BCUT2D eigenvalue weighted by atomic mass is 16.5. The van der Waals surface area contributed by atoms with E-state index in [4.69, 9.17) is 15.2 Å². The fourth-order valence-corrected chi connectivity index (χ4v) is 3.39. The first kappa shape index (κ1) is 23.2. The predicted octanol–water partition coefficient (Wildman–Crippen LogP) is 3.85. The lowest BCUT2D eigenvalue weighted by molar-refractivity contribution is 0.0995. The first-order valence-corrected chi connectivity index (χ1v) is 10.8. The van der Waals surface area contributed by atoms with Crippen LogP contribution in [0.3, 0.4) is 0 Å². The summed E-state index contributed by atoms with van der Waals surface area (Å²) in [6, 6.07) is 13.2. The van der Waals surface area contributed by atoms with Crippen molar-refractivity contribution in [3.63, 3.8) is 0 Å². The van der Waals surface area contributed by atoms with Crippen molar-refractivity contribution in [1.29, 1.82) is 0 Å². The number of aromatic nitrogens is 2. The minimum absolute atomic E-state index is 0.190. The zero-order valence-corrected chi connectivity index (χ0v) is 18.9. The molecule has 32 heavy (non-hydrogen) atoms. The molecular weight excluding hydrogens is 404 g/mol. The molecule has 1 amide bonds. The third-order valence-corrected chi connectivity index (χ3v) is 5.30. The fraction of sp³-hybridized carbons (Fsp3) is 0.320. The van der Waals surface area contributed by atoms with Crippen molar-refractivity contribution < 1.29 is 14.3 Å². The smallest absolute Gasteiger partial charge is 0.254 e. The second-order valence-corrected chi connectivity index (χ2v) is 7.40. The van der Waals surface area contributed by atoms with Crippen LogP contribution >= 0.6 is 0 Å².